The summed E-state index contributed by atoms with van der Waals surface area (Å²) in [5, 5.41) is 2.96. The van der Waals surface area contributed by atoms with E-state index in [1.54, 1.807) is 24.3 Å². The van der Waals surface area contributed by atoms with E-state index in [1.165, 1.54) is 48.7 Å². The monoisotopic (exact) mass is 589 g/mol. The third-order valence-corrected chi connectivity index (χ3v) is 6.62. The fraction of sp³-hybridized carbons (Fsp3) is 0.107. The molecule has 5 rings (SSSR count). The summed E-state index contributed by atoms with van der Waals surface area (Å²) in [7, 11) is 0. The molecule has 1 amide bonds. The van der Waals surface area contributed by atoms with Crippen molar-refractivity contribution in [2.24, 2.45) is 0 Å². The number of para-hydroxylation sites is 1. The van der Waals surface area contributed by atoms with Crippen molar-refractivity contribution in [1.29, 1.82) is 0 Å². The summed E-state index contributed by atoms with van der Waals surface area (Å²) >= 11 is 1.22. The fourth-order valence-electron chi connectivity index (χ4n) is 4.02. The van der Waals surface area contributed by atoms with Crippen LogP contribution in [0.2, 0.25) is 0 Å². The van der Waals surface area contributed by atoms with Crippen molar-refractivity contribution in [2.75, 3.05) is 5.32 Å². The van der Waals surface area contributed by atoms with Crippen LogP contribution in [0.5, 0.6) is 17.4 Å². The Morgan fingerprint density at radius 2 is 1.56 bits per heavy atom. The first-order valence-corrected chi connectivity index (χ1v) is 12.6. The second kappa shape index (κ2) is 10.7. The maximum absolute atomic E-state index is 13.2. The van der Waals surface area contributed by atoms with Crippen molar-refractivity contribution in [2.45, 2.75) is 19.5 Å². The Hall–Kier alpha value is -4.65. The molecular weight excluding hydrogens is 572 g/mol. The standard InChI is InChI=1S/C28H17F6N3O3S/c1-15(38)36-26-37-24-21(3-2-4-22(24)41-26)39-25-23(17-7-11-19(12-8-17)40-28(32,33)34)20(13-14-35-25)16-5-9-18(10-6-16)27(29,30)31/h2-14H,1H3,(H,36,37,38). The lowest BCUT2D eigenvalue weighted by Crippen LogP contribution is -2.16. The average molecular weight is 590 g/mol. The number of hydrogen-bond donors (Lipinski definition) is 1. The zero-order valence-electron chi connectivity index (χ0n) is 20.8. The van der Waals surface area contributed by atoms with Gasteiger partial charge in [-0.2, -0.15) is 13.2 Å². The maximum atomic E-state index is 13.2. The predicted molar refractivity (Wildman–Crippen MR) is 141 cm³/mol. The summed E-state index contributed by atoms with van der Waals surface area (Å²) < 4.78 is 88.5. The second-order valence-corrected chi connectivity index (χ2v) is 9.62. The summed E-state index contributed by atoms with van der Waals surface area (Å²) in [6, 6.07) is 16.0. The molecule has 0 atom stereocenters. The van der Waals surface area contributed by atoms with Gasteiger partial charge < -0.3 is 14.8 Å². The number of carbonyl (C=O) groups excluding carboxylic acids is 1. The Kier molecular flexibility index (Phi) is 7.30. The molecule has 0 saturated carbocycles. The predicted octanol–water partition coefficient (Wildman–Crippen LogP) is 8.69. The minimum Gasteiger partial charge on any atom is -0.436 e. The van der Waals surface area contributed by atoms with Gasteiger partial charge in [0, 0.05) is 13.1 Å². The molecule has 0 fully saturated rings. The summed E-state index contributed by atoms with van der Waals surface area (Å²) in [5.74, 6) is -0.474. The Labute approximate surface area is 232 Å². The molecule has 0 aliphatic heterocycles. The first-order chi connectivity index (χ1) is 19.4. The van der Waals surface area contributed by atoms with E-state index in [-0.39, 0.29) is 17.5 Å². The van der Waals surface area contributed by atoms with Gasteiger partial charge >= 0.3 is 12.5 Å². The summed E-state index contributed by atoms with van der Waals surface area (Å²) in [4.78, 5) is 20.2. The molecule has 5 aromatic rings. The highest BCUT2D eigenvalue weighted by atomic mass is 32.1. The minimum atomic E-state index is -4.89. The van der Waals surface area contributed by atoms with Gasteiger partial charge in [0.1, 0.15) is 11.3 Å². The zero-order valence-corrected chi connectivity index (χ0v) is 21.6. The van der Waals surface area contributed by atoms with Crippen LogP contribution in [-0.2, 0) is 11.0 Å². The van der Waals surface area contributed by atoms with Crippen molar-refractivity contribution >= 4 is 32.6 Å². The minimum absolute atomic E-state index is 0.0217. The number of rotatable bonds is 6. The number of aromatic nitrogens is 2. The van der Waals surface area contributed by atoms with Gasteiger partial charge in [-0.15, -0.1) is 13.2 Å². The quantitative estimate of drug-likeness (QED) is 0.201. The second-order valence-electron chi connectivity index (χ2n) is 8.59. The van der Waals surface area contributed by atoms with Crippen LogP contribution in [0.3, 0.4) is 0 Å². The van der Waals surface area contributed by atoms with E-state index >= 15 is 0 Å². The van der Waals surface area contributed by atoms with Gasteiger partial charge in [0.2, 0.25) is 11.8 Å². The highest BCUT2D eigenvalue weighted by molar-refractivity contribution is 7.22. The molecule has 0 saturated heterocycles. The van der Waals surface area contributed by atoms with Crippen LogP contribution in [0.4, 0.5) is 31.5 Å². The molecule has 13 heteroatoms. The number of hydrogen-bond acceptors (Lipinski definition) is 6. The van der Waals surface area contributed by atoms with Crippen LogP contribution in [0.1, 0.15) is 12.5 Å². The van der Waals surface area contributed by atoms with E-state index in [0.717, 1.165) is 24.3 Å². The van der Waals surface area contributed by atoms with Crippen LogP contribution >= 0.6 is 11.3 Å². The van der Waals surface area contributed by atoms with E-state index in [2.05, 4.69) is 20.0 Å². The van der Waals surface area contributed by atoms with Gasteiger partial charge in [-0.3, -0.25) is 4.79 Å². The number of anilines is 1. The molecule has 3 aromatic carbocycles. The van der Waals surface area contributed by atoms with Crippen molar-refractivity contribution in [1.82, 2.24) is 9.97 Å². The van der Waals surface area contributed by atoms with Gasteiger partial charge in [0.15, 0.2) is 10.9 Å². The number of fused-ring (bicyclic) bond motifs is 1. The molecule has 6 nitrogen and oxygen atoms in total. The van der Waals surface area contributed by atoms with Crippen LogP contribution in [-0.4, -0.2) is 22.2 Å². The number of nitrogens with zero attached hydrogens (tertiary/aromatic N) is 2. The average Bonchev–Trinajstić information content (AvgIpc) is 3.31. The highest BCUT2D eigenvalue weighted by Gasteiger charge is 2.31. The van der Waals surface area contributed by atoms with Crippen LogP contribution in [0.25, 0.3) is 32.5 Å². The van der Waals surface area contributed by atoms with Gasteiger partial charge in [0.05, 0.1) is 15.8 Å². The van der Waals surface area contributed by atoms with Crippen LogP contribution < -0.4 is 14.8 Å². The molecular formula is C28H17F6N3O3S. The summed E-state index contributed by atoms with van der Waals surface area (Å²) in [6.07, 6.45) is -8.03. The number of alkyl halides is 6. The van der Waals surface area contributed by atoms with E-state index in [0.29, 0.717) is 37.6 Å². The van der Waals surface area contributed by atoms with E-state index in [1.807, 2.05) is 0 Å². The lowest BCUT2D eigenvalue weighted by atomic mass is 9.95. The number of ether oxygens (including phenoxy) is 2. The summed E-state index contributed by atoms with van der Waals surface area (Å²) in [5.41, 5.74) is 1.05. The molecule has 2 aromatic heterocycles. The number of benzene rings is 3. The molecule has 0 radical (unpaired) electrons. The molecule has 0 aliphatic rings. The van der Waals surface area contributed by atoms with Gasteiger partial charge in [-0.05, 0) is 59.2 Å². The fourth-order valence-corrected chi connectivity index (χ4v) is 4.94. The molecule has 0 spiro atoms. The Morgan fingerprint density at radius 1 is 0.878 bits per heavy atom. The van der Waals surface area contributed by atoms with Crippen molar-refractivity contribution in [3.05, 3.63) is 84.6 Å². The normalized spacial score (nSPS) is 11.9. The third-order valence-electron chi connectivity index (χ3n) is 5.69. The highest BCUT2D eigenvalue weighted by Crippen LogP contribution is 2.43. The molecule has 0 unspecified atom stereocenters. The lowest BCUT2D eigenvalue weighted by Gasteiger charge is -2.16. The van der Waals surface area contributed by atoms with Gasteiger partial charge in [-0.25, -0.2) is 9.97 Å². The zero-order chi connectivity index (χ0) is 29.4. The number of carbonyl (C=O) groups is 1. The Bertz CT molecular complexity index is 1720. The number of halogens is 6. The molecule has 210 valence electrons. The van der Waals surface area contributed by atoms with Crippen molar-refractivity contribution in [3.8, 4) is 39.6 Å². The number of amides is 1. The summed E-state index contributed by atoms with van der Waals surface area (Å²) in [6.45, 7) is 1.34. The van der Waals surface area contributed by atoms with E-state index < -0.39 is 23.9 Å². The smallest absolute Gasteiger partial charge is 0.436 e. The van der Waals surface area contributed by atoms with E-state index in [4.69, 9.17) is 4.74 Å². The van der Waals surface area contributed by atoms with Crippen LogP contribution in [0, 0.1) is 0 Å². The largest absolute Gasteiger partial charge is 0.573 e. The van der Waals surface area contributed by atoms with Gasteiger partial charge in [-0.1, -0.05) is 41.7 Å². The first-order valence-electron chi connectivity index (χ1n) is 11.8. The molecule has 0 aliphatic carbocycles. The topological polar surface area (TPSA) is 73.3 Å². The van der Waals surface area contributed by atoms with E-state index in [9.17, 15) is 31.1 Å². The first kappa shape index (κ1) is 27.9. The van der Waals surface area contributed by atoms with Crippen LogP contribution in [0.15, 0.2) is 79.0 Å². The number of thiazole rings is 1. The molecule has 41 heavy (non-hydrogen) atoms. The third kappa shape index (κ3) is 6.40. The molecule has 2 heterocycles. The SMILES string of the molecule is CC(=O)Nc1nc2c(Oc3nccc(-c4ccc(C(F)(F)F)cc4)c3-c3ccc(OC(F)(F)F)cc3)cccc2s1. The van der Waals surface area contributed by atoms with Gasteiger partial charge in [0.25, 0.3) is 0 Å². The van der Waals surface area contributed by atoms with Crippen molar-refractivity contribution < 1.29 is 40.6 Å². The van der Waals surface area contributed by atoms with Crippen molar-refractivity contribution in [3.63, 3.8) is 0 Å². The number of nitrogens with one attached hydrogen (secondary N) is 1. The number of pyridine rings is 1. The molecule has 0 bridgehead atoms. The lowest BCUT2D eigenvalue weighted by molar-refractivity contribution is -0.274. The maximum Gasteiger partial charge on any atom is 0.573 e. The Balaban J connectivity index is 1.62. The molecule has 1 N–H and O–H groups in total. The Morgan fingerprint density at radius 3 is 2.20 bits per heavy atom.